The van der Waals surface area contributed by atoms with Gasteiger partial charge in [-0.05, 0) is 94.3 Å². The van der Waals surface area contributed by atoms with Crippen molar-refractivity contribution < 1.29 is 38.5 Å². The molecule has 1 aromatic carbocycles. The normalized spacial score (nSPS) is 31.6. The van der Waals surface area contributed by atoms with Gasteiger partial charge in [0.2, 0.25) is 5.91 Å². The molecule has 3 aliphatic heterocycles. The Morgan fingerprint density at radius 3 is 2.68 bits per heavy atom. The number of aromatic nitrogens is 1. The van der Waals surface area contributed by atoms with E-state index in [1.54, 1.807) is 53.8 Å². The van der Waals surface area contributed by atoms with Gasteiger partial charge in [0.05, 0.1) is 18.4 Å². The summed E-state index contributed by atoms with van der Waals surface area (Å²) in [4.78, 5) is 61.4. The van der Waals surface area contributed by atoms with Crippen LogP contribution in [0.25, 0.3) is 11.0 Å². The van der Waals surface area contributed by atoms with Crippen molar-refractivity contribution in [3.05, 3.63) is 86.4 Å². The van der Waals surface area contributed by atoms with Crippen LogP contribution in [0.15, 0.2) is 63.0 Å². The van der Waals surface area contributed by atoms with Gasteiger partial charge in [-0.1, -0.05) is 52.2 Å². The Balaban J connectivity index is 1.18. The minimum absolute atomic E-state index is 0.00175. The number of fused-ring (bicyclic) bond motifs is 6. The van der Waals surface area contributed by atoms with Crippen LogP contribution in [0.1, 0.15) is 93.9 Å². The summed E-state index contributed by atoms with van der Waals surface area (Å²) in [6, 6.07) is 7.50. The molecule has 2 saturated carbocycles. The number of carbonyl (C=O) groups excluding carboxylic acids is 3. The van der Waals surface area contributed by atoms with Crippen molar-refractivity contribution in [2.45, 2.75) is 118 Å². The zero-order chi connectivity index (χ0) is 44.4. The number of pyridine rings is 1. The molecule has 9 unspecified atom stereocenters. The first kappa shape index (κ1) is 44.1. The van der Waals surface area contributed by atoms with Gasteiger partial charge in [0, 0.05) is 95.7 Å². The van der Waals surface area contributed by atoms with Crippen LogP contribution in [0.5, 0.6) is 5.75 Å². The standard InChI is InChI=1S/C48H58N4O9S2/c1-5-26(2)44(57)61-46(3)12-8-27-25-62-63-38-16-31(23-54)42(50-4)34-22-52(43(34)38)40(56)17-30-21-51-39(49)18-33(30)41(27)48(46)20-29-14-28-15-35(45(58)59-36(28)19-37(29)60-48)47(10-6-7-11-47)32(24-55)9-13-53/h5,8,14-15,18-19,21,23,31-32,34,38,41-43,50,53,55H,6-7,9-13,16-17,20,22,24-25H2,1-4H3,(H2,49,51). The Morgan fingerprint density at radius 1 is 1.17 bits per heavy atom. The third-order valence-corrected chi connectivity index (χ3v) is 18.5. The number of allylic oxidation sites excluding steroid dienone is 1. The number of aldehydes is 1. The summed E-state index contributed by atoms with van der Waals surface area (Å²) in [5, 5.41) is 24.6. The lowest BCUT2D eigenvalue weighted by Gasteiger charge is -2.58. The highest BCUT2D eigenvalue weighted by atomic mass is 33.1. The Labute approximate surface area is 375 Å². The quantitative estimate of drug-likeness (QED) is 0.0520. The number of nitrogens with zero attached hydrogens (tertiary/aromatic N) is 2. The zero-order valence-electron chi connectivity index (χ0n) is 36.4. The highest BCUT2D eigenvalue weighted by Gasteiger charge is 2.64. The average molecular weight is 899 g/mol. The minimum atomic E-state index is -1.27. The molecule has 9 atom stereocenters. The van der Waals surface area contributed by atoms with Crippen molar-refractivity contribution in [1.29, 1.82) is 0 Å². The average Bonchev–Trinajstić information content (AvgIpc) is 3.90. The fraction of sp³-hybridized carbons (Fsp3) is 0.562. The lowest BCUT2D eigenvalue weighted by atomic mass is 9.61. The van der Waals surface area contributed by atoms with Crippen molar-refractivity contribution in [1.82, 2.24) is 15.2 Å². The number of carbonyl (C=O) groups is 3. The van der Waals surface area contributed by atoms with E-state index in [4.69, 9.17) is 19.6 Å². The Bertz CT molecular complexity index is 2450. The molecule has 13 nitrogen and oxygen atoms in total. The Hall–Kier alpha value is -4.15. The number of esters is 1. The largest absolute Gasteiger partial charge is 0.481 e. The topological polar surface area (TPSA) is 195 Å². The molecule has 1 saturated heterocycles. The summed E-state index contributed by atoms with van der Waals surface area (Å²) >= 11 is 0. The molecule has 15 heteroatoms. The van der Waals surface area contributed by atoms with Gasteiger partial charge in [0.25, 0.3) is 0 Å². The fourth-order valence-corrected chi connectivity index (χ4v) is 15.4. The number of amides is 1. The predicted molar refractivity (Wildman–Crippen MR) is 244 cm³/mol. The number of ether oxygens (including phenoxy) is 2. The minimum Gasteiger partial charge on any atom is -0.481 e. The molecule has 3 aromatic rings. The number of aliphatic hydroxyl groups excluding tert-OH is 2. The molecule has 6 aliphatic rings. The van der Waals surface area contributed by atoms with Crippen LogP contribution in [0, 0.1) is 17.8 Å². The number of nitrogens with two attached hydrogens (primary N) is 1. The van der Waals surface area contributed by atoms with E-state index >= 15 is 0 Å². The number of hydrogen-bond acceptors (Lipinski definition) is 14. The van der Waals surface area contributed by atoms with Gasteiger partial charge in [-0.25, -0.2) is 14.6 Å². The third-order valence-electron chi connectivity index (χ3n) is 15.7. The highest BCUT2D eigenvalue weighted by Crippen LogP contribution is 2.59. The van der Waals surface area contributed by atoms with Crippen LogP contribution in [0.4, 0.5) is 5.82 Å². The second-order valence-electron chi connectivity index (χ2n) is 18.8. The van der Waals surface area contributed by atoms with E-state index in [0.717, 1.165) is 35.8 Å². The molecule has 0 bridgehead atoms. The first-order chi connectivity index (χ1) is 30.3. The zero-order valence-corrected chi connectivity index (χ0v) is 38.0. The number of nitrogen functional groups attached to an aromatic ring is 1. The van der Waals surface area contributed by atoms with E-state index in [0.29, 0.717) is 84.2 Å². The molecule has 3 aliphatic carbocycles. The van der Waals surface area contributed by atoms with Crippen LogP contribution >= 0.6 is 21.6 Å². The third kappa shape index (κ3) is 7.15. The molecule has 5 N–H and O–H groups in total. The van der Waals surface area contributed by atoms with Gasteiger partial charge in [0.15, 0.2) is 11.2 Å². The lowest BCUT2D eigenvalue weighted by molar-refractivity contribution is -0.183. The highest BCUT2D eigenvalue weighted by molar-refractivity contribution is 8.77. The number of benzene rings is 1. The second kappa shape index (κ2) is 17.0. The van der Waals surface area contributed by atoms with Crippen molar-refractivity contribution >= 4 is 56.5 Å². The van der Waals surface area contributed by atoms with Crippen LogP contribution < -0.4 is 21.4 Å². The van der Waals surface area contributed by atoms with E-state index < -0.39 is 34.1 Å². The summed E-state index contributed by atoms with van der Waals surface area (Å²) in [7, 11) is 5.34. The molecule has 9 rings (SSSR count). The molecule has 3 fully saturated rings. The van der Waals surface area contributed by atoms with Crippen LogP contribution in [0.3, 0.4) is 0 Å². The molecule has 1 amide bonds. The predicted octanol–water partition coefficient (Wildman–Crippen LogP) is 5.57. The van der Waals surface area contributed by atoms with Gasteiger partial charge in [-0.15, -0.1) is 0 Å². The summed E-state index contributed by atoms with van der Waals surface area (Å²) in [6.45, 7) is 5.75. The number of rotatable bonds is 9. The smallest absolute Gasteiger partial charge is 0.340 e. The number of hydrogen-bond donors (Lipinski definition) is 4. The molecule has 2 aromatic heterocycles. The molecular formula is C48H58N4O9S2. The van der Waals surface area contributed by atoms with Gasteiger partial charge in [0.1, 0.15) is 23.4 Å². The van der Waals surface area contributed by atoms with Gasteiger partial charge in [-0.2, -0.15) is 0 Å². The first-order valence-electron chi connectivity index (χ1n) is 22.4. The number of anilines is 1. The number of aliphatic hydroxyl groups is 2. The van der Waals surface area contributed by atoms with Crippen molar-refractivity contribution in [2.75, 3.05) is 38.3 Å². The molecule has 336 valence electrons. The van der Waals surface area contributed by atoms with Crippen LogP contribution in [-0.4, -0.2) is 99.4 Å². The Morgan fingerprint density at radius 2 is 1.97 bits per heavy atom. The van der Waals surface area contributed by atoms with Crippen molar-refractivity contribution in [3.8, 4) is 5.75 Å². The first-order valence-corrected chi connectivity index (χ1v) is 24.7. The van der Waals surface area contributed by atoms with Gasteiger partial charge in [-0.3, -0.25) is 4.79 Å². The molecule has 0 radical (unpaired) electrons. The molecule has 5 heterocycles. The van der Waals surface area contributed by atoms with E-state index in [2.05, 4.69) is 16.4 Å². The monoisotopic (exact) mass is 898 g/mol. The molecule has 1 spiro atoms. The van der Waals surface area contributed by atoms with Crippen LogP contribution in [0.2, 0.25) is 0 Å². The van der Waals surface area contributed by atoms with E-state index in [9.17, 15) is 29.4 Å². The van der Waals surface area contributed by atoms with Gasteiger partial charge >= 0.3 is 11.6 Å². The summed E-state index contributed by atoms with van der Waals surface area (Å²) in [5.74, 6) is 0.00676. The molecular weight excluding hydrogens is 841 g/mol. The number of nitrogens with one attached hydrogen (secondary N) is 1. The van der Waals surface area contributed by atoms with Crippen molar-refractivity contribution in [3.63, 3.8) is 0 Å². The Kier molecular flexibility index (Phi) is 11.9. The fourth-order valence-electron chi connectivity index (χ4n) is 12.2. The summed E-state index contributed by atoms with van der Waals surface area (Å²) in [6.07, 6.45) is 11.6. The maximum Gasteiger partial charge on any atom is 0.340 e. The second-order valence-corrected chi connectivity index (χ2v) is 21.4. The summed E-state index contributed by atoms with van der Waals surface area (Å²) in [5.41, 5.74) is 7.60. The van der Waals surface area contributed by atoms with Gasteiger partial charge < -0.3 is 44.8 Å². The van der Waals surface area contributed by atoms with E-state index in [-0.39, 0.29) is 66.4 Å². The van der Waals surface area contributed by atoms with E-state index in [1.165, 1.54) is 0 Å². The van der Waals surface area contributed by atoms with E-state index in [1.807, 2.05) is 37.1 Å². The lowest BCUT2D eigenvalue weighted by Crippen LogP contribution is -2.72. The summed E-state index contributed by atoms with van der Waals surface area (Å²) < 4.78 is 20.1. The maximum atomic E-state index is 14.5. The van der Waals surface area contributed by atoms with Crippen LogP contribution in [-0.2, 0) is 37.4 Å². The van der Waals surface area contributed by atoms with Crippen molar-refractivity contribution in [2.24, 2.45) is 17.8 Å². The SMILES string of the molecule is CC=C(C)C(=O)OC1(C)CC=C2CSSC3CC(C=O)C(NC)C4CN(C(=O)Cc5cnc(N)cc5C2C12Cc1cc5cc(C6(C(CO)CCO)CCCC6)c(=O)oc5cc1O2)C34. The molecule has 63 heavy (non-hydrogen) atoms. The maximum absolute atomic E-state index is 14.5.